The lowest BCUT2D eigenvalue weighted by Crippen LogP contribution is -2.49. The highest BCUT2D eigenvalue weighted by molar-refractivity contribution is 7.99. The molecule has 1 aliphatic carbocycles. The summed E-state index contributed by atoms with van der Waals surface area (Å²) >= 11 is 1.82. The van der Waals surface area contributed by atoms with Crippen LogP contribution in [-0.4, -0.2) is 55.6 Å². The van der Waals surface area contributed by atoms with Crippen LogP contribution >= 0.6 is 11.8 Å². The lowest BCUT2D eigenvalue weighted by molar-refractivity contribution is -0.273. The van der Waals surface area contributed by atoms with Crippen LogP contribution in [-0.2, 0) is 10.7 Å². The van der Waals surface area contributed by atoms with E-state index in [-0.39, 0.29) is 11.8 Å². The van der Waals surface area contributed by atoms with Gasteiger partial charge in [-0.3, -0.25) is 4.79 Å². The van der Waals surface area contributed by atoms with Gasteiger partial charge in [0.05, 0.1) is 0 Å². The Hall–Kier alpha value is -2.39. The number of thioether (sulfide) groups is 1. The van der Waals surface area contributed by atoms with Crippen molar-refractivity contribution < 1.29 is 15.0 Å². The maximum atomic E-state index is 12.2. The number of aliphatic hydroxyl groups is 2. The summed E-state index contributed by atoms with van der Waals surface area (Å²) in [6.07, 6.45) is 3.69. The summed E-state index contributed by atoms with van der Waals surface area (Å²) in [5.41, 5.74) is 2.99. The van der Waals surface area contributed by atoms with E-state index in [1.165, 1.54) is 0 Å². The van der Waals surface area contributed by atoms with E-state index in [4.69, 9.17) is 0 Å². The Morgan fingerprint density at radius 1 is 1.17 bits per heavy atom. The normalized spacial score (nSPS) is 17.9. The number of amides is 1. The van der Waals surface area contributed by atoms with Gasteiger partial charge in [-0.1, -0.05) is 24.3 Å². The maximum absolute atomic E-state index is 12.2. The zero-order valence-corrected chi connectivity index (χ0v) is 17.3. The molecular weight excluding hydrogens is 400 g/mol. The highest BCUT2D eigenvalue weighted by Gasteiger charge is 2.35. The number of benzene rings is 1. The van der Waals surface area contributed by atoms with Gasteiger partial charge in [-0.2, -0.15) is 11.8 Å². The molecule has 3 aromatic rings. The van der Waals surface area contributed by atoms with Gasteiger partial charge >= 0.3 is 0 Å². The second-order valence-electron chi connectivity index (χ2n) is 7.87. The molecule has 8 heteroatoms. The third kappa shape index (κ3) is 3.72. The molecule has 5 rings (SSSR count). The summed E-state index contributed by atoms with van der Waals surface area (Å²) in [5, 5.41) is 25.3. The van der Waals surface area contributed by atoms with Crippen molar-refractivity contribution in [2.75, 3.05) is 29.9 Å². The minimum atomic E-state index is -1.98. The molecular formula is C22H24N4O3S. The van der Waals surface area contributed by atoms with Crippen molar-refractivity contribution >= 4 is 34.5 Å². The molecule has 2 aliphatic rings. The van der Waals surface area contributed by atoms with Crippen molar-refractivity contribution in [3.8, 4) is 11.1 Å². The fourth-order valence-corrected chi connectivity index (χ4v) is 4.75. The van der Waals surface area contributed by atoms with Crippen LogP contribution < -0.4 is 5.32 Å². The van der Waals surface area contributed by atoms with Crippen molar-refractivity contribution in [2.24, 2.45) is 5.92 Å². The van der Waals surface area contributed by atoms with Crippen molar-refractivity contribution in [1.82, 2.24) is 14.9 Å². The summed E-state index contributed by atoms with van der Waals surface area (Å²) in [7, 11) is 0. The van der Waals surface area contributed by atoms with Gasteiger partial charge in [-0.05, 0) is 36.1 Å². The minimum Gasteiger partial charge on any atom is -0.349 e. The van der Waals surface area contributed by atoms with Crippen LogP contribution in [0.15, 0.2) is 42.6 Å². The van der Waals surface area contributed by atoms with Crippen molar-refractivity contribution in [3.63, 3.8) is 0 Å². The molecule has 0 bridgehead atoms. The molecule has 1 amide bonds. The number of aromatic nitrogens is 2. The van der Waals surface area contributed by atoms with Gasteiger partial charge < -0.3 is 20.5 Å². The SMILES string of the molecule is O=C(Nc1cc(-c2ccc(C(O)(O)N3CCSCC3)cc2)c2cc[nH]c2n1)C1CC1. The second kappa shape index (κ2) is 7.70. The largest absolute Gasteiger partial charge is 0.349 e. The molecule has 2 fully saturated rings. The molecule has 30 heavy (non-hydrogen) atoms. The molecule has 0 atom stereocenters. The Morgan fingerprint density at radius 3 is 2.60 bits per heavy atom. The number of fused-ring (bicyclic) bond motifs is 1. The summed E-state index contributed by atoms with van der Waals surface area (Å²) in [6.45, 7) is 1.27. The molecule has 0 spiro atoms. The first-order valence-electron chi connectivity index (χ1n) is 10.2. The molecule has 7 nitrogen and oxygen atoms in total. The van der Waals surface area contributed by atoms with Crippen LogP contribution in [0, 0.1) is 5.92 Å². The fourth-order valence-electron chi connectivity index (χ4n) is 3.85. The predicted octanol–water partition coefficient (Wildman–Crippen LogP) is 2.72. The van der Waals surface area contributed by atoms with E-state index in [2.05, 4.69) is 15.3 Å². The van der Waals surface area contributed by atoms with Crippen molar-refractivity contribution in [2.45, 2.75) is 18.8 Å². The van der Waals surface area contributed by atoms with Gasteiger partial charge in [0.1, 0.15) is 11.5 Å². The van der Waals surface area contributed by atoms with Crippen LogP contribution in [0.5, 0.6) is 0 Å². The third-order valence-corrected chi connectivity index (χ3v) is 6.71. The number of pyridine rings is 1. The zero-order valence-electron chi connectivity index (χ0n) is 16.5. The molecule has 156 valence electrons. The molecule has 1 aliphatic heterocycles. The number of nitrogens with one attached hydrogen (secondary N) is 2. The average Bonchev–Trinajstić information content (AvgIpc) is 3.52. The van der Waals surface area contributed by atoms with Crippen LogP contribution in [0.3, 0.4) is 0 Å². The summed E-state index contributed by atoms with van der Waals surface area (Å²) in [6, 6.07) is 11.1. The van der Waals surface area contributed by atoms with E-state index < -0.39 is 5.91 Å². The predicted molar refractivity (Wildman–Crippen MR) is 118 cm³/mol. The zero-order chi connectivity index (χ0) is 20.7. The topological polar surface area (TPSA) is 101 Å². The van der Waals surface area contributed by atoms with E-state index in [9.17, 15) is 15.0 Å². The Kier molecular flexibility index (Phi) is 5.02. The van der Waals surface area contributed by atoms with E-state index >= 15 is 0 Å². The quantitative estimate of drug-likeness (QED) is 0.470. The van der Waals surface area contributed by atoms with Gasteiger partial charge in [0.2, 0.25) is 5.91 Å². The number of H-pyrrole nitrogens is 1. The van der Waals surface area contributed by atoms with Crippen molar-refractivity contribution in [3.05, 3.63) is 48.2 Å². The van der Waals surface area contributed by atoms with Gasteiger partial charge in [0, 0.05) is 47.7 Å². The summed E-state index contributed by atoms with van der Waals surface area (Å²) in [4.78, 5) is 21.5. The molecule has 3 heterocycles. The van der Waals surface area contributed by atoms with E-state index in [1.807, 2.05) is 42.2 Å². The average molecular weight is 425 g/mol. The number of hydrogen-bond donors (Lipinski definition) is 4. The maximum Gasteiger partial charge on any atom is 0.253 e. The van der Waals surface area contributed by atoms with E-state index in [0.717, 1.165) is 40.9 Å². The summed E-state index contributed by atoms with van der Waals surface area (Å²) in [5.74, 6) is 0.428. The number of carbonyl (C=O) groups is 1. The first-order valence-corrected chi connectivity index (χ1v) is 11.4. The number of anilines is 1. The van der Waals surface area contributed by atoms with Gasteiger partial charge in [0.25, 0.3) is 5.91 Å². The smallest absolute Gasteiger partial charge is 0.253 e. The molecule has 0 radical (unpaired) electrons. The van der Waals surface area contributed by atoms with E-state index in [1.54, 1.807) is 17.0 Å². The first-order chi connectivity index (χ1) is 14.5. The molecule has 0 unspecified atom stereocenters. The van der Waals surface area contributed by atoms with Gasteiger partial charge in [0.15, 0.2) is 0 Å². The van der Waals surface area contributed by atoms with Crippen LogP contribution in [0.4, 0.5) is 5.82 Å². The summed E-state index contributed by atoms with van der Waals surface area (Å²) < 4.78 is 0. The van der Waals surface area contributed by atoms with E-state index in [0.29, 0.717) is 30.1 Å². The van der Waals surface area contributed by atoms with Crippen LogP contribution in [0.1, 0.15) is 18.4 Å². The third-order valence-electron chi connectivity index (χ3n) is 5.76. The number of hydrogen-bond acceptors (Lipinski definition) is 6. The number of nitrogens with zero attached hydrogens (tertiary/aromatic N) is 2. The lowest BCUT2D eigenvalue weighted by Gasteiger charge is -2.37. The molecule has 1 saturated carbocycles. The Labute approximate surface area is 178 Å². The van der Waals surface area contributed by atoms with Gasteiger partial charge in [-0.25, -0.2) is 9.88 Å². The Bertz CT molecular complexity index is 1070. The number of rotatable bonds is 5. The van der Waals surface area contributed by atoms with Crippen LogP contribution in [0.25, 0.3) is 22.2 Å². The highest BCUT2D eigenvalue weighted by atomic mass is 32.2. The monoisotopic (exact) mass is 424 g/mol. The molecule has 4 N–H and O–H groups in total. The van der Waals surface area contributed by atoms with Crippen LogP contribution in [0.2, 0.25) is 0 Å². The minimum absolute atomic E-state index is 0.0137. The molecule has 1 aromatic carbocycles. The highest BCUT2D eigenvalue weighted by Crippen LogP contribution is 2.34. The fraction of sp³-hybridized carbons (Fsp3) is 0.364. The van der Waals surface area contributed by atoms with Crippen molar-refractivity contribution in [1.29, 1.82) is 0 Å². The molecule has 1 saturated heterocycles. The lowest BCUT2D eigenvalue weighted by atomic mass is 10.0. The second-order valence-corrected chi connectivity index (χ2v) is 9.10. The Morgan fingerprint density at radius 2 is 1.90 bits per heavy atom. The number of carbonyl (C=O) groups excluding carboxylic acids is 1. The number of aromatic amines is 1. The standard InChI is InChI=1S/C22H24N4O3S/c27-21(15-1-2-15)25-19-13-18(17-7-8-23-20(17)24-19)14-3-5-16(6-4-14)22(28,29)26-9-11-30-12-10-26/h3-8,13,15,28-29H,1-2,9-12H2,(H2,23,24,25,27). The Balaban J connectivity index is 1.46. The van der Waals surface area contributed by atoms with Gasteiger partial charge in [-0.15, -0.1) is 0 Å². The molecule has 2 aromatic heterocycles. The first kappa shape index (κ1) is 19.6.